The topological polar surface area (TPSA) is 78.4 Å². The Morgan fingerprint density at radius 3 is 2.33 bits per heavy atom. The predicted octanol–water partition coefficient (Wildman–Crippen LogP) is 7.36. The van der Waals surface area contributed by atoms with Crippen molar-refractivity contribution in [1.82, 2.24) is 5.43 Å². The van der Waals surface area contributed by atoms with Crippen LogP contribution in [-0.4, -0.2) is 26.3 Å². The summed E-state index contributed by atoms with van der Waals surface area (Å²) in [5.74, 6) is 1.84. The number of hydrazone groups is 1. The van der Waals surface area contributed by atoms with Crippen LogP contribution in [0, 0.1) is 0 Å². The lowest BCUT2D eigenvalue weighted by Crippen LogP contribution is -2.19. The van der Waals surface area contributed by atoms with Gasteiger partial charge in [0.15, 0.2) is 23.0 Å². The molecule has 218 valence electrons. The van der Waals surface area contributed by atoms with Gasteiger partial charge in [0.05, 0.1) is 31.9 Å². The number of carbonyl (C=O) groups excluding carboxylic acids is 1. The van der Waals surface area contributed by atoms with Crippen molar-refractivity contribution in [2.24, 2.45) is 5.10 Å². The molecule has 8 heteroatoms. The molecule has 0 unspecified atom stereocenters. The number of nitrogens with one attached hydrogen (secondary N) is 1. The maximum Gasteiger partial charge on any atom is 0.244 e. The van der Waals surface area contributed by atoms with E-state index >= 15 is 0 Å². The third-order valence-electron chi connectivity index (χ3n) is 6.73. The monoisotopic (exact) mass is 594 g/mol. The molecule has 0 saturated heterocycles. The number of rotatable bonds is 12. The molecule has 43 heavy (non-hydrogen) atoms. The van der Waals surface area contributed by atoms with Crippen LogP contribution in [0.3, 0.4) is 0 Å². The molecule has 0 aliphatic heterocycles. The lowest BCUT2D eigenvalue weighted by Gasteiger charge is -2.15. The first-order valence-electron chi connectivity index (χ1n) is 13.7. The zero-order valence-electron chi connectivity index (χ0n) is 23.9. The van der Waals surface area contributed by atoms with Crippen LogP contribution in [0.25, 0.3) is 10.8 Å². The second-order valence-corrected chi connectivity index (χ2v) is 10.1. The molecule has 1 N–H and O–H groups in total. The third kappa shape index (κ3) is 7.64. The van der Waals surface area contributed by atoms with Crippen LogP contribution < -0.4 is 24.4 Å². The number of amides is 1. The standard InChI is InChI=1S/C35H31ClN2O5/c1-40-32-18-25(15-16-31(32)42-22-24-9-4-3-5-10-24)23-43-35-30(36)17-26(19-33(35)41-2)21-37-38-34(39)20-28-13-8-12-27-11-6-7-14-29(27)28/h3-19,21H,20,22-23H2,1-2H3,(H,38,39)/b37-21+. The van der Waals surface area contributed by atoms with Crippen LogP contribution in [0.2, 0.25) is 5.02 Å². The fraction of sp³-hybridized carbons (Fsp3) is 0.143. The normalized spacial score (nSPS) is 11.0. The maximum absolute atomic E-state index is 12.6. The number of hydrogen-bond donors (Lipinski definition) is 1. The molecule has 7 nitrogen and oxygen atoms in total. The highest BCUT2D eigenvalue weighted by molar-refractivity contribution is 6.32. The highest BCUT2D eigenvalue weighted by atomic mass is 35.5. The molecule has 0 radical (unpaired) electrons. The van der Waals surface area contributed by atoms with Crippen LogP contribution in [0.1, 0.15) is 22.3 Å². The molecule has 0 fully saturated rings. The van der Waals surface area contributed by atoms with E-state index in [0.717, 1.165) is 27.5 Å². The zero-order chi connectivity index (χ0) is 30.0. The van der Waals surface area contributed by atoms with Crippen molar-refractivity contribution < 1.29 is 23.7 Å². The van der Waals surface area contributed by atoms with Crippen molar-refractivity contribution >= 4 is 34.5 Å². The molecule has 0 heterocycles. The van der Waals surface area contributed by atoms with Gasteiger partial charge in [-0.25, -0.2) is 5.43 Å². The molecular formula is C35H31ClN2O5. The Morgan fingerprint density at radius 2 is 1.51 bits per heavy atom. The molecule has 5 rings (SSSR count). The quantitative estimate of drug-likeness (QED) is 0.121. The Balaban J connectivity index is 1.20. The average molecular weight is 595 g/mol. The van der Waals surface area contributed by atoms with E-state index in [9.17, 15) is 4.79 Å². The molecule has 0 spiro atoms. The van der Waals surface area contributed by atoms with Gasteiger partial charge in [0.2, 0.25) is 5.91 Å². The van der Waals surface area contributed by atoms with E-state index in [2.05, 4.69) is 10.5 Å². The summed E-state index contributed by atoms with van der Waals surface area (Å²) in [7, 11) is 3.13. The largest absolute Gasteiger partial charge is 0.493 e. The van der Waals surface area contributed by atoms with Crippen LogP contribution in [0.5, 0.6) is 23.0 Å². The fourth-order valence-corrected chi connectivity index (χ4v) is 4.88. The number of ether oxygens (including phenoxy) is 4. The number of fused-ring (bicyclic) bond motifs is 1. The highest BCUT2D eigenvalue weighted by Gasteiger charge is 2.14. The minimum absolute atomic E-state index is 0.209. The summed E-state index contributed by atoms with van der Waals surface area (Å²) in [4.78, 5) is 12.6. The summed E-state index contributed by atoms with van der Waals surface area (Å²) in [6, 6.07) is 32.9. The van der Waals surface area contributed by atoms with E-state index < -0.39 is 0 Å². The minimum Gasteiger partial charge on any atom is -0.493 e. The number of hydrogen-bond acceptors (Lipinski definition) is 6. The first-order valence-corrected chi connectivity index (χ1v) is 14.0. The molecule has 0 aromatic heterocycles. The van der Waals surface area contributed by atoms with Gasteiger partial charge in [-0.05, 0) is 57.3 Å². The van der Waals surface area contributed by atoms with Gasteiger partial charge in [-0.2, -0.15) is 5.10 Å². The van der Waals surface area contributed by atoms with E-state index in [0.29, 0.717) is 40.2 Å². The Bertz CT molecular complexity index is 1730. The smallest absolute Gasteiger partial charge is 0.244 e. The maximum atomic E-state index is 12.6. The van der Waals surface area contributed by atoms with Gasteiger partial charge < -0.3 is 18.9 Å². The van der Waals surface area contributed by atoms with Gasteiger partial charge in [-0.3, -0.25) is 4.79 Å². The van der Waals surface area contributed by atoms with Gasteiger partial charge in [-0.15, -0.1) is 0 Å². The number of benzene rings is 5. The van der Waals surface area contributed by atoms with Crippen LogP contribution in [-0.2, 0) is 24.4 Å². The van der Waals surface area contributed by atoms with Crippen molar-refractivity contribution in [3.63, 3.8) is 0 Å². The fourth-order valence-electron chi connectivity index (χ4n) is 4.60. The number of methoxy groups -OCH3 is 2. The second kappa shape index (κ2) is 14.2. The predicted molar refractivity (Wildman–Crippen MR) is 169 cm³/mol. The first kappa shape index (κ1) is 29.5. The van der Waals surface area contributed by atoms with E-state index in [1.807, 2.05) is 91.0 Å². The number of nitrogens with zero attached hydrogens (tertiary/aromatic N) is 1. The van der Waals surface area contributed by atoms with Crippen LogP contribution in [0.15, 0.2) is 108 Å². The second-order valence-electron chi connectivity index (χ2n) is 9.69. The summed E-state index contributed by atoms with van der Waals surface area (Å²) in [5, 5.41) is 6.59. The van der Waals surface area contributed by atoms with Gasteiger partial charge in [-0.1, -0.05) is 90.5 Å². The van der Waals surface area contributed by atoms with Crippen molar-refractivity contribution in [2.75, 3.05) is 14.2 Å². The van der Waals surface area contributed by atoms with Crippen molar-refractivity contribution in [3.05, 3.63) is 130 Å². The molecule has 0 atom stereocenters. The van der Waals surface area contributed by atoms with Crippen molar-refractivity contribution in [1.29, 1.82) is 0 Å². The Morgan fingerprint density at radius 1 is 0.767 bits per heavy atom. The third-order valence-corrected chi connectivity index (χ3v) is 7.01. The molecule has 0 aliphatic rings. The van der Waals surface area contributed by atoms with Gasteiger partial charge >= 0.3 is 0 Å². The Labute approximate surface area is 255 Å². The number of carbonyl (C=O) groups is 1. The highest BCUT2D eigenvalue weighted by Crippen LogP contribution is 2.37. The summed E-state index contributed by atoms with van der Waals surface area (Å²) in [6.07, 6.45) is 1.72. The first-order chi connectivity index (χ1) is 21.0. The van der Waals surface area contributed by atoms with Crippen LogP contribution >= 0.6 is 11.6 Å². The van der Waals surface area contributed by atoms with Gasteiger partial charge in [0, 0.05) is 0 Å². The van der Waals surface area contributed by atoms with E-state index in [4.69, 9.17) is 30.5 Å². The summed E-state index contributed by atoms with van der Waals surface area (Å²) >= 11 is 6.57. The summed E-state index contributed by atoms with van der Waals surface area (Å²) < 4.78 is 23.1. The molecule has 0 aliphatic carbocycles. The summed E-state index contributed by atoms with van der Waals surface area (Å²) in [6.45, 7) is 0.659. The summed E-state index contributed by atoms with van der Waals surface area (Å²) in [5.41, 5.74) is 6.09. The molecular weight excluding hydrogens is 564 g/mol. The number of halogens is 1. The van der Waals surface area contributed by atoms with E-state index in [1.165, 1.54) is 13.3 Å². The van der Waals surface area contributed by atoms with Crippen molar-refractivity contribution in [2.45, 2.75) is 19.6 Å². The average Bonchev–Trinajstić information content (AvgIpc) is 3.04. The molecule has 1 amide bonds. The van der Waals surface area contributed by atoms with Gasteiger partial charge in [0.1, 0.15) is 13.2 Å². The van der Waals surface area contributed by atoms with E-state index in [-0.39, 0.29) is 18.9 Å². The Hall–Kier alpha value is -5.01. The van der Waals surface area contributed by atoms with Gasteiger partial charge in [0.25, 0.3) is 0 Å². The van der Waals surface area contributed by atoms with Crippen LogP contribution in [0.4, 0.5) is 0 Å². The molecule has 5 aromatic carbocycles. The molecule has 0 bridgehead atoms. The molecule has 0 saturated carbocycles. The molecule has 5 aromatic rings. The lowest BCUT2D eigenvalue weighted by molar-refractivity contribution is -0.120. The SMILES string of the molecule is COc1cc(COc2c(Cl)cc(/C=N/NC(=O)Cc3cccc4ccccc34)cc2OC)ccc1OCc1ccccc1. The Kier molecular flexibility index (Phi) is 9.77. The zero-order valence-corrected chi connectivity index (χ0v) is 24.6. The van der Waals surface area contributed by atoms with Crippen molar-refractivity contribution in [3.8, 4) is 23.0 Å². The van der Waals surface area contributed by atoms with E-state index in [1.54, 1.807) is 19.2 Å². The lowest BCUT2D eigenvalue weighted by atomic mass is 10.0. The minimum atomic E-state index is -0.225.